The van der Waals surface area contributed by atoms with Crippen molar-refractivity contribution in [2.75, 3.05) is 13.1 Å². The maximum Gasteiger partial charge on any atom is 0.226 e. The number of aromatic nitrogens is 2. The molecule has 3 rings (SSSR count). The number of aryl methyl sites for hydroxylation is 2. The first-order valence-corrected chi connectivity index (χ1v) is 7.82. The van der Waals surface area contributed by atoms with Gasteiger partial charge in [0.1, 0.15) is 11.5 Å². The first-order chi connectivity index (χ1) is 10.2. The third-order valence-electron chi connectivity index (χ3n) is 4.19. The van der Waals surface area contributed by atoms with E-state index in [1.807, 2.05) is 6.92 Å². The maximum atomic E-state index is 5.79. The molecular weight excluding hydrogens is 266 g/mol. The third-order valence-corrected chi connectivity index (χ3v) is 4.19. The van der Waals surface area contributed by atoms with Crippen molar-refractivity contribution in [1.29, 1.82) is 0 Å². The normalized spacial score (nSPS) is 17.4. The largest absolute Gasteiger partial charge is 0.465 e. The topological polar surface area (TPSA) is 55.3 Å². The summed E-state index contributed by atoms with van der Waals surface area (Å²) >= 11 is 0. The SMILES string of the molecule is CCc1ccc(CN2CCC(Cc3nc(C)no3)CC2)o1. The summed E-state index contributed by atoms with van der Waals surface area (Å²) in [4.78, 5) is 6.76. The lowest BCUT2D eigenvalue weighted by atomic mass is 9.93. The average molecular weight is 289 g/mol. The summed E-state index contributed by atoms with van der Waals surface area (Å²) in [5, 5.41) is 3.85. The van der Waals surface area contributed by atoms with Gasteiger partial charge in [-0.15, -0.1) is 0 Å². The highest BCUT2D eigenvalue weighted by Crippen LogP contribution is 2.22. The predicted octanol–water partition coefficient (Wildman–Crippen LogP) is 2.99. The van der Waals surface area contributed by atoms with Crippen LogP contribution in [-0.2, 0) is 19.4 Å². The molecule has 0 N–H and O–H groups in total. The van der Waals surface area contributed by atoms with Crippen molar-refractivity contribution in [1.82, 2.24) is 15.0 Å². The van der Waals surface area contributed by atoms with Crippen molar-refractivity contribution in [2.45, 2.75) is 46.1 Å². The smallest absolute Gasteiger partial charge is 0.226 e. The molecular formula is C16H23N3O2. The summed E-state index contributed by atoms with van der Waals surface area (Å²) in [6.07, 6.45) is 4.24. The van der Waals surface area contributed by atoms with Gasteiger partial charge in [-0.2, -0.15) is 4.98 Å². The Balaban J connectivity index is 1.46. The molecule has 1 saturated heterocycles. The molecule has 5 heteroatoms. The van der Waals surface area contributed by atoms with Crippen LogP contribution in [0.3, 0.4) is 0 Å². The van der Waals surface area contributed by atoms with Crippen LogP contribution in [-0.4, -0.2) is 28.1 Å². The monoisotopic (exact) mass is 289 g/mol. The maximum absolute atomic E-state index is 5.79. The molecule has 1 fully saturated rings. The molecule has 0 aromatic carbocycles. The van der Waals surface area contributed by atoms with Gasteiger partial charge in [0.05, 0.1) is 6.54 Å². The van der Waals surface area contributed by atoms with E-state index in [1.54, 1.807) is 0 Å². The van der Waals surface area contributed by atoms with Crippen LogP contribution in [0.25, 0.3) is 0 Å². The van der Waals surface area contributed by atoms with Crippen molar-refractivity contribution in [3.63, 3.8) is 0 Å². The van der Waals surface area contributed by atoms with Gasteiger partial charge in [-0.25, -0.2) is 0 Å². The van der Waals surface area contributed by atoms with Crippen molar-refractivity contribution in [3.05, 3.63) is 35.4 Å². The highest BCUT2D eigenvalue weighted by molar-refractivity contribution is 5.07. The first kappa shape index (κ1) is 14.3. The number of rotatable bonds is 5. The molecule has 0 saturated carbocycles. The van der Waals surface area contributed by atoms with Gasteiger partial charge in [0.15, 0.2) is 5.82 Å². The molecule has 3 heterocycles. The molecule has 0 bridgehead atoms. The first-order valence-electron chi connectivity index (χ1n) is 7.82. The van der Waals surface area contributed by atoms with E-state index < -0.39 is 0 Å². The van der Waals surface area contributed by atoms with Crippen LogP contribution in [0.4, 0.5) is 0 Å². The summed E-state index contributed by atoms with van der Waals surface area (Å²) in [5.74, 6) is 4.32. The van der Waals surface area contributed by atoms with Crippen LogP contribution in [0.1, 0.15) is 43.0 Å². The Morgan fingerprint density at radius 3 is 2.62 bits per heavy atom. The van der Waals surface area contributed by atoms with Gasteiger partial charge in [0, 0.05) is 12.8 Å². The second-order valence-corrected chi connectivity index (χ2v) is 5.88. The van der Waals surface area contributed by atoms with Gasteiger partial charge in [-0.05, 0) is 50.9 Å². The van der Waals surface area contributed by atoms with E-state index in [1.165, 1.54) is 12.8 Å². The van der Waals surface area contributed by atoms with Crippen LogP contribution in [0.5, 0.6) is 0 Å². The zero-order chi connectivity index (χ0) is 14.7. The molecule has 0 atom stereocenters. The number of piperidine rings is 1. The van der Waals surface area contributed by atoms with Gasteiger partial charge < -0.3 is 8.94 Å². The lowest BCUT2D eigenvalue weighted by Gasteiger charge is -2.30. The predicted molar refractivity (Wildman–Crippen MR) is 78.8 cm³/mol. The average Bonchev–Trinajstić information content (AvgIpc) is 3.10. The standard InChI is InChI=1S/C16H23N3O2/c1-3-14-4-5-15(20-14)11-19-8-6-13(7-9-19)10-16-17-12(2)18-21-16/h4-5,13H,3,6-11H2,1-2H3. The Labute approximate surface area is 125 Å². The van der Waals surface area contributed by atoms with Crippen LogP contribution >= 0.6 is 0 Å². The van der Waals surface area contributed by atoms with Crippen LogP contribution < -0.4 is 0 Å². The van der Waals surface area contributed by atoms with Gasteiger partial charge in [0.25, 0.3) is 0 Å². The van der Waals surface area contributed by atoms with E-state index in [0.717, 1.165) is 55.7 Å². The minimum Gasteiger partial charge on any atom is -0.465 e. The fraction of sp³-hybridized carbons (Fsp3) is 0.625. The summed E-state index contributed by atoms with van der Waals surface area (Å²) < 4.78 is 11.0. The van der Waals surface area contributed by atoms with Crippen molar-refractivity contribution in [3.8, 4) is 0 Å². The van der Waals surface area contributed by atoms with Crippen LogP contribution in [0.15, 0.2) is 21.1 Å². The van der Waals surface area contributed by atoms with E-state index in [2.05, 4.69) is 34.1 Å². The number of hydrogen-bond acceptors (Lipinski definition) is 5. The Bertz CT molecular complexity index is 568. The summed E-state index contributed by atoms with van der Waals surface area (Å²) in [5.41, 5.74) is 0. The summed E-state index contributed by atoms with van der Waals surface area (Å²) in [7, 11) is 0. The van der Waals surface area contributed by atoms with Crippen LogP contribution in [0, 0.1) is 12.8 Å². The number of nitrogens with zero attached hydrogens (tertiary/aromatic N) is 3. The molecule has 2 aromatic rings. The minimum atomic E-state index is 0.656. The molecule has 0 radical (unpaired) electrons. The fourth-order valence-electron chi connectivity index (χ4n) is 2.94. The zero-order valence-corrected chi connectivity index (χ0v) is 12.8. The third kappa shape index (κ3) is 3.73. The second kappa shape index (κ2) is 6.43. The molecule has 1 aliphatic heterocycles. The van der Waals surface area contributed by atoms with E-state index >= 15 is 0 Å². The lowest BCUT2D eigenvalue weighted by molar-refractivity contribution is 0.160. The van der Waals surface area contributed by atoms with Crippen molar-refractivity contribution in [2.24, 2.45) is 5.92 Å². The zero-order valence-electron chi connectivity index (χ0n) is 12.8. The fourth-order valence-corrected chi connectivity index (χ4v) is 2.94. The van der Waals surface area contributed by atoms with Crippen molar-refractivity contribution < 1.29 is 8.94 Å². The molecule has 1 aliphatic rings. The second-order valence-electron chi connectivity index (χ2n) is 5.88. The number of likely N-dealkylation sites (tertiary alicyclic amines) is 1. The van der Waals surface area contributed by atoms with Gasteiger partial charge in [-0.3, -0.25) is 4.90 Å². The molecule has 0 spiro atoms. The lowest BCUT2D eigenvalue weighted by Crippen LogP contribution is -2.33. The van der Waals surface area contributed by atoms with Crippen LogP contribution in [0.2, 0.25) is 0 Å². The molecule has 0 amide bonds. The molecule has 5 nitrogen and oxygen atoms in total. The summed E-state index contributed by atoms with van der Waals surface area (Å²) in [6, 6.07) is 4.19. The summed E-state index contributed by atoms with van der Waals surface area (Å²) in [6.45, 7) is 7.13. The van der Waals surface area contributed by atoms with Gasteiger partial charge in [0.2, 0.25) is 5.89 Å². The highest BCUT2D eigenvalue weighted by atomic mass is 16.5. The minimum absolute atomic E-state index is 0.656. The molecule has 114 valence electrons. The van der Waals surface area contributed by atoms with E-state index in [-0.39, 0.29) is 0 Å². The Hall–Kier alpha value is -1.62. The quantitative estimate of drug-likeness (QED) is 0.847. The highest BCUT2D eigenvalue weighted by Gasteiger charge is 2.22. The van der Waals surface area contributed by atoms with Gasteiger partial charge in [-0.1, -0.05) is 12.1 Å². The van der Waals surface area contributed by atoms with E-state index in [0.29, 0.717) is 5.92 Å². The molecule has 2 aromatic heterocycles. The van der Waals surface area contributed by atoms with Gasteiger partial charge >= 0.3 is 0 Å². The Morgan fingerprint density at radius 1 is 1.24 bits per heavy atom. The molecule has 0 aliphatic carbocycles. The number of hydrogen-bond donors (Lipinski definition) is 0. The van der Waals surface area contributed by atoms with Crippen molar-refractivity contribution >= 4 is 0 Å². The molecule has 21 heavy (non-hydrogen) atoms. The number of furan rings is 1. The molecule has 0 unspecified atom stereocenters. The van der Waals surface area contributed by atoms with E-state index in [9.17, 15) is 0 Å². The van der Waals surface area contributed by atoms with E-state index in [4.69, 9.17) is 8.94 Å². The Morgan fingerprint density at radius 2 is 2.00 bits per heavy atom. The Kier molecular flexibility index (Phi) is 4.39.